The molecule has 1 atom stereocenters. The average Bonchev–Trinajstić information content (AvgIpc) is 2.94. The monoisotopic (exact) mass is 638 g/mol. The number of nitrogens with zero attached hydrogens (tertiary/aromatic N) is 3. The van der Waals surface area contributed by atoms with Crippen molar-refractivity contribution in [2.45, 2.75) is 51.0 Å². The molecule has 0 aliphatic carbocycles. The van der Waals surface area contributed by atoms with Gasteiger partial charge in [0.15, 0.2) is 0 Å². The standard InChI is InChI=1S/C22H30N6O2.2C2HF3O2/c1-2-21(22(29)30)28(20-8-5-7-18(14-20)15-26-23)13-4-3-6-17-9-11-19(12-10-17)25-16-27-24;2*3-2(4,5)1(6)7/h5,7-12,14-16,21H,2-4,6,13,23-24H2,1H3,(H,25,27)(H,29,30);2*(H,6,7). The third kappa shape index (κ3) is 15.9. The first-order chi connectivity index (χ1) is 20.5. The number of aryl methyl sites for hydroxylation is 1. The Morgan fingerprint density at radius 3 is 1.93 bits per heavy atom. The summed E-state index contributed by atoms with van der Waals surface area (Å²) in [4.78, 5) is 35.7. The largest absolute Gasteiger partial charge is 0.490 e. The van der Waals surface area contributed by atoms with Gasteiger partial charge in [0.1, 0.15) is 12.4 Å². The number of hydrazine groups is 1. The quantitative estimate of drug-likeness (QED) is 0.0491. The summed E-state index contributed by atoms with van der Waals surface area (Å²) in [6, 6.07) is 15.0. The van der Waals surface area contributed by atoms with Gasteiger partial charge < -0.3 is 31.5 Å². The van der Waals surface area contributed by atoms with E-state index in [4.69, 9.17) is 31.5 Å². The van der Waals surface area contributed by atoms with Gasteiger partial charge in [-0.3, -0.25) is 0 Å². The number of anilines is 1. The van der Waals surface area contributed by atoms with Crippen LogP contribution >= 0.6 is 0 Å². The normalized spacial score (nSPS) is 12.0. The fourth-order valence-electron chi connectivity index (χ4n) is 3.33. The number of carboxylic acids is 3. The molecular formula is C26H32F6N6O6. The number of aliphatic imine (C=N–C) groups is 1. The molecule has 0 saturated heterocycles. The number of nitrogens with two attached hydrogens (primary N) is 2. The summed E-state index contributed by atoms with van der Waals surface area (Å²) in [5, 5.41) is 27.5. The van der Waals surface area contributed by atoms with Crippen molar-refractivity contribution in [2.75, 3.05) is 11.4 Å². The summed E-state index contributed by atoms with van der Waals surface area (Å²) in [6.07, 6.45) is -3.92. The Balaban J connectivity index is 0.00000109. The van der Waals surface area contributed by atoms with Crippen LogP contribution in [-0.2, 0) is 20.8 Å². The third-order valence-corrected chi connectivity index (χ3v) is 5.30. The van der Waals surface area contributed by atoms with E-state index in [1.165, 1.54) is 11.9 Å². The molecule has 0 aromatic heterocycles. The van der Waals surface area contributed by atoms with Gasteiger partial charge in [-0.25, -0.2) is 25.2 Å². The second-order valence-corrected chi connectivity index (χ2v) is 8.48. The number of unbranched alkanes of at least 4 members (excludes halogenated alkanes) is 1. The molecule has 0 aliphatic heterocycles. The van der Waals surface area contributed by atoms with Gasteiger partial charge in [0.25, 0.3) is 0 Å². The molecule has 0 heterocycles. The summed E-state index contributed by atoms with van der Waals surface area (Å²) in [6.45, 7) is 2.54. The highest BCUT2D eigenvalue weighted by Crippen LogP contribution is 2.22. The van der Waals surface area contributed by atoms with E-state index in [9.17, 15) is 36.2 Å². The van der Waals surface area contributed by atoms with Gasteiger partial charge in [-0.2, -0.15) is 31.4 Å². The first kappa shape index (κ1) is 39.1. The predicted octanol–water partition coefficient (Wildman–Crippen LogP) is 4.06. The minimum absolute atomic E-state index is 0.518. The van der Waals surface area contributed by atoms with Gasteiger partial charge in [-0.15, -0.1) is 0 Å². The number of halogens is 6. The number of hydrogen-bond acceptors (Lipinski definition) is 8. The summed E-state index contributed by atoms with van der Waals surface area (Å²) in [5.41, 5.74) is 6.12. The van der Waals surface area contributed by atoms with Crippen LogP contribution in [0.4, 0.5) is 37.7 Å². The van der Waals surface area contributed by atoms with Gasteiger partial charge in [-0.1, -0.05) is 31.2 Å². The lowest BCUT2D eigenvalue weighted by Crippen LogP contribution is -2.41. The number of alkyl halides is 6. The Bertz CT molecular complexity index is 1220. The molecule has 2 aromatic rings. The summed E-state index contributed by atoms with van der Waals surface area (Å²) in [7, 11) is 0. The Morgan fingerprint density at radius 2 is 1.50 bits per heavy atom. The van der Waals surface area contributed by atoms with Gasteiger partial charge in [0, 0.05) is 12.2 Å². The average molecular weight is 639 g/mol. The van der Waals surface area contributed by atoms with E-state index in [0.717, 1.165) is 36.2 Å². The number of carbonyl (C=O) groups is 3. The van der Waals surface area contributed by atoms with Crippen LogP contribution in [0.2, 0.25) is 0 Å². The lowest BCUT2D eigenvalue weighted by Gasteiger charge is -2.30. The molecule has 244 valence electrons. The predicted molar refractivity (Wildman–Crippen MR) is 150 cm³/mol. The molecule has 2 aromatic carbocycles. The zero-order valence-electron chi connectivity index (χ0n) is 23.2. The number of rotatable bonds is 12. The molecule has 1 unspecified atom stereocenters. The van der Waals surface area contributed by atoms with Crippen molar-refractivity contribution in [2.24, 2.45) is 21.8 Å². The molecule has 0 amide bonds. The van der Waals surface area contributed by atoms with E-state index in [2.05, 4.69) is 15.5 Å². The first-order valence-corrected chi connectivity index (χ1v) is 12.5. The second-order valence-electron chi connectivity index (χ2n) is 8.48. The Hall–Kier alpha value is -4.87. The molecule has 18 heteroatoms. The summed E-state index contributed by atoms with van der Waals surface area (Å²) in [5.74, 6) is 4.09. The molecule has 0 aliphatic rings. The van der Waals surface area contributed by atoms with Crippen LogP contribution in [0.1, 0.15) is 37.3 Å². The van der Waals surface area contributed by atoms with E-state index in [0.29, 0.717) is 13.0 Å². The molecule has 0 saturated carbocycles. The highest BCUT2D eigenvalue weighted by Gasteiger charge is 2.38. The fraction of sp³-hybridized carbons (Fsp3) is 0.346. The number of hydrazone groups is 1. The number of carboxylic acid groups (broad SMARTS) is 3. The maximum absolute atomic E-state index is 11.8. The van der Waals surface area contributed by atoms with Crippen LogP contribution in [0.5, 0.6) is 0 Å². The Kier molecular flexibility index (Phi) is 17.2. The van der Waals surface area contributed by atoms with Crippen molar-refractivity contribution in [3.05, 3.63) is 59.7 Å². The maximum atomic E-state index is 11.8. The number of nitrogens with one attached hydrogen (secondary N) is 1. The molecule has 0 fully saturated rings. The highest BCUT2D eigenvalue weighted by molar-refractivity contribution is 5.83. The lowest BCUT2D eigenvalue weighted by atomic mass is 10.1. The van der Waals surface area contributed by atoms with E-state index in [1.807, 2.05) is 60.4 Å². The smallest absolute Gasteiger partial charge is 0.480 e. The van der Waals surface area contributed by atoms with Crippen LogP contribution in [0.15, 0.2) is 58.6 Å². The van der Waals surface area contributed by atoms with Crippen molar-refractivity contribution in [3.63, 3.8) is 0 Å². The molecule has 0 radical (unpaired) electrons. The van der Waals surface area contributed by atoms with Crippen molar-refractivity contribution in [3.8, 4) is 0 Å². The van der Waals surface area contributed by atoms with Crippen molar-refractivity contribution in [1.82, 2.24) is 5.43 Å². The van der Waals surface area contributed by atoms with Crippen LogP contribution in [-0.4, -0.2) is 70.7 Å². The minimum Gasteiger partial charge on any atom is -0.480 e. The number of hydrogen-bond donors (Lipinski definition) is 6. The zero-order chi connectivity index (χ0) is 33.9. The second kappa shape index (κ2) is 19.3. The molecule has 44 heavy (non-hydrogen) atoms. The first-order valence-electron chi connectivity index (χ1n) is 12.5. The van der Waals surface area contributed by atoms with Crippen LogP contribution in [0.25, 0.3) is 0 Å². The molecule has 8 N–H and O–H groups in total. The highest BCUT2D eigenvalue weighted by atomic mass is 19.4. The lowest BCUT2D eigenvalue weighted by molar-refractivity contribution is -0.193. The fourth-order valence-corrected chi connectivity index (χ4v) is 3.33. The molecule has 0 spiro atoms. The van der Waals surface area contributed by atoms with E-state index in [1.54, 1.807) is 6.21 Å². The van der Waals surface area contributed by atoms with Gasteiger partial charge in [-0.05, 0) is 61.1 Å². The third-order valence-electron chi connectivity index (χ3n) is 5.30. The molecule has 0 bridgehead atoms. The molecular weight excluding hydrogens is 606 g/mol. The van der Waals surface area contributed by atoms with E-state index >= 15 is 0 Å². The minimum atomic E-state index is -5.08. The van der Waals surface area contributed by atoms with Crippen molar-refractivity contribution < 1.29 is 56.0 Å². The molecule has 2 rings (SSSR count). The number of aliphatic carboxylic acids is 3. The van der Waals surface area contributed by atoms with Gasteiger partial charge >= 0.3 is 30.3 Å². The van der Waals surface area contributed by atoms with E-state index in [-0.39, 0.29) is 0 Å². The Morgan fingerprint density at radius 1 is 0.955 bits per heavy atom. The summed E-state index contributed by atoms with van der Waals surface area (Å²) >= 11 is 0. The number of benzene rings is 2. The van der Waals surface area contributed by atoms with Crippen LogP contribution in [0.3, 0.4) is 0 Å². The van der Waals surface area contributed by atoms with Crippen LogP contribution < -0.4 is 22.0 Å². The van der Waals surface area contributed by atoms with Crippen molar-refractivity contribution in [1.29, 1.82) is 0 Å². The van der Waals surface area contributed by atoms with E-state index < -0.39 is 36.3 Å². The summed E-state index contributed by atoms with van der Waals surface area (Å²) < 4.78 is 63.5. The van der Waals surface area contributed by atoms with Gasteiger partial charge in [0.2, 0.25) is 0 Å². The van der Waals surface area contributed by atoms with Crippen LogP contribution in [0, 0.1) is 0 Å². The maximum Gasteiger partial charge on any atom is 0.490 e. The zero-order valence-corrected chi connectivity index (χ0v) is 23.2. The van der Waals surface area contributed by atoms with Crippen molar-refractivity contribution >= 4 is 41.8 Å². The molecule has 12 nitrogen and oxygen atoms in total. The Labute approximate surface area is 247 Å². The SMILES string of the molecule is CCC(C(=O)O)N(CCCCc1ccc(N=CNN)cc1)c1cccc(C=NN)c1.O=C(O)C(F)(F)F.O=C(O)C(F)(F)F. The van der Waals surface area contributed by atoms with Gasteiger partial charge in [0.05, 0.1) is 11.9 Å². The topological polar surface area (TPSA) is 204 Å².